The molecule has 0 spiro atoms. The zero-order valence-corrected chi connectivity index (χ0v) is 37.6. The van der Waals surface area contributed by atoms with Crippen molar-refractivity contribution in [2.75, 3.05) is 34.5 Å². The fraction of sp³-hybridized carbons (Fsp3) is 0.440. The Kier molecular flexibility index (Phi) is 18.3. The van der Waals surface area contributed by atoms with Gasteiger partial charge in [0, 0.05) is 11.8 Å². The van der Waals surface area contributed by atoms with Gasteiger partial charge in [-0.1, -0.05) is 120 Å². The molecule has 0 heterocycles. The van der Waals surface area contributed by atoms with Crippen molar-refractivity contribution in [2.24, 2.45) is 17.8 Å². The molecule has 5 atom stereocenters. The predicted octanol–water partition coefficient (Wildman–Crippen LogP) is 11.4. The van der Waals surface area contributed by atoms with Gasteiger partial charge < -0.3 is 33.2 Å². The van der Waals surface area contributed by atoms with Crippen molar-refractivity contribution in [1.29, 1.82) is 0 Å². The molecule has 4 rings (SSSR count). The molecule has 0 aliphatic carbocycles. The van der Waals surface area contributed by atoms with Crippen LogP contribution in [0.25, 0.3) is 0 Å². The largest absolute Gasteiger partial charge is 0.497 e. The number of aliphatic hydroxyl groups is 1. The van der Waals surface area contributed by atoms with E-state index in [2.05, 4.69) is 101 Å². The van der Waals surface area contributed by atoms with Gasteiger partial charge in [0.05, 0.1) is 53.4 Å². The minimum Gasteiger partial charge on any atom is -0.497 e. The second-order valence-corrected chi connectivity index (χ2v) is 20.1. The summed E-state index contributed by atoms with van der Waals surface area (Å²) in [5.41, 5.74) is 3.85. The lowest BCUT2D eigenvalue weighted by Gasteiger charge is -2.43. The molecule has 0 bridgehead atoms. The topological polar surface area (TPSA) is 75.6 Å². The molecule has 0 aliphatic heterocycles. The lowest BCUT2D eigenvalue weighted by atomic mass is 9.79. The smallest absolute Gasteiger partial charge is 0.192 e. The van der Waals surface area contributed by atoms with Crippen LogP contribution < -0.4 is 14.2 Å². The molecule has 8 heteroatoms. The van der Waals surface area contributed by atoms with Crippen molar-refractivity contribution in [3.05, 3.63) is 149 Å². The molecule has 1 N–H and O–H groups in total. The van der Waals surface area contributed by atoms with Gasteiger partial charge in [-0.15, -0.1) is 0 Å². The van der Waals surface area contributed by atoms with Crippen molar-refractivity contribution >= 4 is 8.32 Å². The van der Waals surface area contributed by atoms with Crippen LogP contribution in [0.1, 0.15) is 70.7 Å². The first-order valence-corrected chi connectivity index (χ1v) is 23.4. The summed E-state index contributed by atoms with van der Waals surface area (Å²) in [6.07, 6.45) is 5.15. The maximum atomic E-state index is 12.4. The first-order chi connectivity index (χ1) is 28.0. The van der Waals surface area contributed by atoms with E-state index < -0.39 is 20.0 Å². The van der Waals surface area contributed by atoms with Crippen LogP contribution in [0.3, 0.4) is 0 Å². The fourth-order valence-electron chi connectivity index (χ4n) is 7.95. The highest BCUT2D eigenvalue weighted by atomic mass is 28.4. The van der Waals surface area contributed by atoms with Crippen molar-refractivity contribution in [1.82, 2.24) is 0 Å². The third-order valence-corrected chi connectivity index (χ3v) is 16.3. The molecule has 314 valence electrons. The second-order valence-electron chi connectivity index (χ2n) is 15.4. The highest BCUT2D eigenvalue weighted by Crippen LogP contribution is 2.43. The molecular formula is C50H68O7Si. The van der Waals surface area contributed by atoms with Crippen molar-refractivity contribution in [3.8, 4) is 17.2 Å². The lowest BCUT2D eigenvalue weighted by Crippen LogP contribution is -2.50. The van der Waals surface area contributed by atoms with E-state index in [9.17, 15) is 5.11 Å². The number of allylic oxidation sites excluding steroid dienone is 3. The maximum absolute atomic E-state index is 12.4. The Balaban J connectivity index is 1.84. The van der Waals surface area contributed by atoms with Crippen LogP contribution in [0.5, 0.6) is 17.2 Å². The van der Waals surface area contributed by atoms with Crippen LogP contribution >= 0.6 is 0 Å². The van der Waals surface area contributed by atoms with Gasteiger partial charge in [-0.2, -0.15) is 0 Å². The molecule has 58 heavy (non-hydrogen) atoms. The average molecular weight is 809 g/mol. The number of benzene rings is 4. The molecule has 0 amide bonds. The average Bonchev–Trinajstić information content (AvgIpc) is 3.27. The van der Waals surface area contributed by atoms with E-state index in [0.29, 0.717) is 19.8 Å². The van der Waals surface area contributed by atoms with Gasteiger partial charge in [-0.25, -0.2) is 0 Å². The molecule has 0 unspecified atom stereocenters. The third-order valence-electron chi connectivity index (χ3n) is 11.7. The van der Waals surface area contributed by atoms with Crippen LogP contribution in [0.15, 0.2) is 127 Å². The number of hydrogen-bond donors (Lipinski definition) is 1. The summed E-state index contributed by atoms with van der Waals surface area (Å²) in [6, 6.07) is 37.5. The predicted molar refractivity (Wildman–Crippen MR) is 239 cm³/mol. The molecule has 0 saturated heterocycles. The van der Waals surface area contributed by atoms with E-state index in [-0.39, 0.29) is 23.9 Å². The Morgan fingerprint density at radius 2 is 1.17 bits per heavy atom. The van der Waals surface area contributed by atoms with E-state index in [1.54, 1.807) is 21.3 Å². The van der Waals surface area contributed by atoms with E-state index in [4.69, 9.17) is 28.1 Å². The van der Waals surface area contributed by atoms with Crippen LogP contribution in [0, 0.1) is 17.8 Å². The molecule has 0 aliphatic rings. The molecule has 0 radical (unpaired) electrons. The first-order valence-electron chi connectivity index (χ1n) is 20.9. The molecule has 0 saturated carbocycles. The van der Waals surface area contributed by atoms with Crippen molar-refractivity contribution < 1.29 is 33.2 Å². The molecular weight excluding hydrogens is 741 g/mol. The quantitative estimate of drug-likeness (QED) is 0.0429. The monoisotopic (exact) mass is 808 g/mol. The van der Waals surface area contributed by atoms with Gasteiger partial charge in [0.15, 0.2) is 8.32 Å². The molecule has 4 aromatic rings. The minimum absolute atomic E-state index is 0.152. The Morgan fingerprint density at radius 3 is 1.64 bits per heavy atom. The van der Waals surface area contributed by atoms with Crippen molar-refractivity contribution in [3.63, 3.8) is 0 Å². The van der Waals surface area contributed by atoms with Gasteiger partial charge in [-0.05, 0) is 102 Å². The number of ether oxygens (including phenoxy) is 5. The number of aliphatic hydroxyl groups excluding tert-OH is 1. The Labute approximate surface area is 350 Å². The maximum Gasteiger partial charge on any atom is 0.192 e. The van der Waals surface area contributed by atoms with Gasteiger partial charge in [0.2, 0.25) is 0 Å². The normalized spacial score (nSPS) is 15.1. The van der Waals surface area contributed by atoms with Gasteiger partial charge in [0.1, 0.15) is 22.8 Å². The molecule has 7 nitrogen and oxygen atoms in total. The summed E-state index contributed by atoms with van der Waals surface area (Å²) in [5, 5.41) is 12.4. The van der Waals surface area contributed by atoms with E-state index in [1.165, 1.54) is 0 Å². The van der Waals surface area contributed by atoms with Crippen LogP contribution in [-0.2, 0) is 26.1 Å². The van der Waals surface area contributed by atoms with Gasteiger partial charge in [0.25, 0.3) is 0 Å². The van der Waals surface area contributed by atoms with Crippen molar-refractivity contribution in [2.45, 2.75) is 91.0 Å². The van der Waals surface area contributed by atoms with Gasteiger partial charge >= 0.3 is 0 Å². The summed E-state index contributed by atoms with van der Waals surface area (Å²) in [7, 11) is 2.79. The zero-order valence-electron chi connectivity index (χ0n) is 36.6. The van der Waals surface area contributed by atoms with Crippen LogP contribution in [0.2, 0.25) is 18.1 Å². The summed E-state index contributed by atoms with van der Waals surface area (Å²) in [6.45, 7) is 16.2. The highest BCUT2D eigenvalue weighted by Gasteiger charge is 2.43. The second kappa shape index (κ2) is 22.8. The Morgan fingerprint density at radius 1 is 0.690 bits per heavy atom. The van der Waals surface area contributed by atoms with E-state index in [0.717, 1.165) is 63.2 Å². The minimum atomic E-state index is -2.23. The Bertz CT molecular complexity index is 1760. The van der Waals surface area contributed by atoms with E-state index in [1.807, 2.05) is 68.4 Å². The first kappa shape index (κ1) is 46.5. The van der Waals surface area contributed by atoms with Crippen LogP contribution in [0.4, 0.5) is 0 Å². The van der Waals surface area contributed by atoms with Crippen LogP contribution in [-0.4, -0.2) is 60.2 Å². The summed E-state index contributed by atoms with van der Waals surface area (Å²) in [5.74, 6) is 1.96. The number of rotatable bonds is 24. The Hall–Kier alpha value is -4.18. The fourth-order valence-corrected chi connectivity index (χ4v) is 10.9. The zero-order chi connectivity index (χ0) is 42.1. The summed E-state index contributed by atoms with van der Waals surface area (Å²) >= 11 is 0. The summed E-state index contributed by atoms with van der Waals surface area (Å²) < 4.78 is 38.1. The number of methoxy groups -OCH3 is 3. The van der Waals surface area contributed by atoms with E-state index >= 15 is 0 Å². The SMILES string of the molecule is C/C=C\[C@H](C)/C=C(\C)[C@@H](O)[C@@H](COCc1ccc(OC)cc1)[C@H](O[Si](CC)(CC)CC)[C@H](C)COC(c1ccccc1)(c1ccc(OC)cc1)c1ccc(OC)cc1. The number of hydrogen-bond acceptors (Lipinski definition) is 7. The van der Waals surface area contributed by atoms with Gasteiger partial charge in [-0.3, -0.25) is 0 Å². The molecule has 4 aromatic carbocycles. The molecule has 0 aromatic heterocycles. The standard InChI is InChI=1S/C50H68O7Si/c1-11-18-37(5)33-38(6)48(51)47(36-55-35-40-21-27-44(52-8)28-22-40)49(57-58(12-2,13-3)14-4)39(7)34-56-50(41-19-16-15-17-20-41,42-23-29-45(53-9)30-24-42)43-25-31-46(54-10)32-26-43/h11,15-33,37,39,47-49,51H,12-14,34-36H2,1-10H3/b18-11-,38-33+/t37-,39+,47+,48+,49+/m0/s1. The lowest BCUT2D eigenvalue weighted by molar-refractivity contribution is -0.0760. The third kappa shape index (κ3) is 11.7. The summed E-state index contributed by atoms with van der Waals surface area (Å²) in [4.78, 5) is 0. The molecule has 0 fully saturated rings. The highest BCUT2D eigenvalue weighted by molar-refractivity contribution is 6.73.